The number of amides is 1. The van der Waals surface area contributed by atoms with Crippen molar-refractivity contribution in [2.75, 3.05) is 11.9 Å². The highest BCUT2D eigenvalue weighted by molar-refractivity contribution is 5.91. The normalized spacial score (nSPS) is 17.9. The Hall–Kier alpha value is -2.30. The summed E-state index contributed by atoms with van der Waals surface area (Å²) in [4.78, 5) is 11.2. The Kier molecular flexibility index (Phi) is 2.51. The molecule has 0 saturated heterocycles. The van der Waals surface area contributed by atoms with E-state index in [1.807, 2.05) is 22.9 Å². The van der Waals surface area contributed by atoms with Gasteiger partial charge in [0, 0.05) is 12.6 Å². The summed E-state index contributed by atoms with van der Waals surface area (Å²) in [5.41, 5.74) is 6.77. The molecule has 92 valence electrons. The van der Waals surface area contributed by atoms with Crippen molar-refractivity contribution in [3.8, 4) is 0 Å². The third-order valence-corrected chi connectivity index (χ3v) is 3.19. The summed E-state index contributed by atoms with van der Waals surface area (Å²) >= 11 is 0. The van der Waals surface area contributed by atoms with Crippen molar-refractivity contribution in [1.82, 2.24) is 9.78 Å². The average Bonchev–Trinajstić information content (AvgIpc) is 2.83. The van der Waals surface area contributed by atoms with Gasteiger partial charge in [0.1, 0.15) is 5.82 Å². The van der Waals surface area contributed by atoms with Crippen molar-refractivity contribution in [3.05, 3.63) is 47.7 Å². The summed E-state index contributed by atoms with van der Waals surface area (Å²) in [5.74, 6) is 0.356. The number of nitrogens with zero attached hydrogens (tertiary/aromatic N) is 2. The first-order valence-corrected chi connectivity index (χ1v) is 5.94. The zero-order chi connectivity index (χ0) is 12.5. The van der Waals surface area contributed by atoms with Gasteiger partial charge in [-0.2, -0.15) is 5.10 Å². The zero-order valence-corrected chi connectivity index (χ0v) is 9.84. The van der Waals surface area contributed by atoms with E-state index in [9.17, 15) is 4.79 Å². The maximum Gasteiger partial charge on any atom is 0.269 e. The highest BCUT2D eigenvalue weighted by Gasteiger charge is 2.23. The van der Waals surface area contributed by atoms with E-state index in [1.54, 1.807) is 6.07 Å². The van der Waals surface area contributed by atoms with Gasteiger partial charge in [0.25, 0.3) is 5.91 Å². The monoisotopic (exact) mass is 242 g/mol. The number of nitrogens with two attached hydrogens (primary N) is 1. The van der Waals surface area contributed by atoms with Crippen molar-refractivity contribution in [1.29, 1.82) is 0 Å². The second-order valence-corrected chi connectivity index (χ2v) is 4.37. The molecule has 0 spiro atoms. The van der Waals surface area contributed by atoms with Crippen LogP contribution in [0.25, 0.3) is 0 Å². The molecule has 2 aromatic rings. The van der Waals surface area contributed by atoms with Gasteiger partial charge in [0.2, 0.25) is 0 Å². The minimum atomic E-state index is -0.495. The summed E-state index contributed by atoms with van der Waals surface area (Å²) in [6.07, 6.45) is 0.941. The first-order valence-electron chi connectivity index (χ1n) is 5.94. The van der Waals surface area contributed by atoms with Crippen molar-refractivity contribution < 1.29 is 4.79 Å². The van der Waals surface area contributed by atoms with E-state index in [0.29, 0.717) is 5.69 Å². The van der Waals surface area contributed by atoms with Gasteiger partial charge in [-0.3, -0.25) is 4.79 Å². The van der Waals surface area contributed by atoms with Crippen molar-refractivity contribution >= 4 is 11.7 Å². The molecule has 1 aromatic heterocycles. The maximum atomic E-state index is 11.2. The molecule has 1 aliphatic rings. The average molecular weight is 242 g/mol. The second-order valence-electron chi connectivity index (χ2n) is 4.37. The standard InChI is InChI=1S/C13H14N4O/c14-13(18)10-8-12-15-7-6-11(17(12)16-10)9-4-2-1-3-5-9/h1-5,8,11,15H,6-7H2,(H2,14,18). The molecule has 0 fully saturated rings. The molecule has 1 aromatic carbocycles. The molecule has 18 heavy (non-hydrogen) atoms. The molecule has 5 nitrogen and oxygen atoms in total. The lowest BCUT2D eigenvalue weighted by atomic mass is 10.0. The minimum Gasteiger partial charge on any atom is -0.370 e. The molecule has 0 saturated carbocycles. The lowest BCUT2D eigenvalue weighted by Gasteiger charge is -2.25. The van der Waals surface area contributed by atoms with Crippen molar-refractivity contribution in [2.45, 2.75) is 12.5 Å². The Bertz CT molecular complexity index is 576. The third kappa shape index (κ3) is 1.73. The number of hydrogen-bond donors (Lipinski definition) is 2. The fourth-order valence-electron chi connectivity index (χ4n) is 2.33. The number of carbonyl (C=O) groups is 1. The third-order valence-electron chi connectivity index (χ3n) is 3.19. The lowest BCUT2D eigenvalue weighted by Crippen LogP contribution is -2.24. The summed E-state index contributed by atoms with van der Waals surface area (Å²) < 4.78 is 1.85. The first kappa shape index (κ1) is 10.8. The van der Waals surface area contributed by atoms with E-state index in [2.05, 4.69) is 22.5 Å². The molecule has 0 aliphatic carbocycles. The van der Waals surface area contributed by atoms with Crippen LogP contribution in [0.4, 0.5) is 5.82 Å². The molecule has 0 bridgehead atoms. The molecule has 2 heterocycles. The maximum absolute atomic E-state index is 11.2. The highest BCUT2D eigenvalue weighted by atomic mass is 16.1. The Labute approximate surface area is 105 Å². The van der Waals surface area contributed by atoms with Crippen LogP contribution in [0, 0.1) is 0 Å². The van der Waals surface area contributed by atoms with E-state index in [0.717, 1.165) is 18.8 Å². The van der Waals surface area contributed by atoms with Crippen LogP contribution in [0.15, 0.2) is 36.4 Å². The molecule has 1 atom stereocenters. The van der Waals surface area contributed by atoms with E-state index in [1.165, 1.54) is 5.56 Å². The number of rotatable bonds is 2. The SMILES string of the molecule is NC(=O)c1cc2n(n1)C(c1ccccc1)CCN2. The predicted octanol–water partition coefficient (Wildman–Crippen LogP) is 1.39. The van der Waals surface area contributed by atoms with E-state index >= 15 is 0 Å². The fraction of sp³-hybridized carbons (Fsp3) is 0.231. The quantitative estimate of drug-likeness (QED) is 0.835. The molecule has 3 rings (SSSR count). The number of hydrogen-bond acceptors (Lipinski definition) is 3. The topological polar surface area (TPSA) is 72.9 Å². The van der Waals surface area contributed by atoms with Gasteiger partial charge in [-0.15, -0.1) is 0 Å². The number of primary amides is 1. The van der Waals surface area contributed by atoms with Crippen molar-refractivity contribution in [2.24, 2.45) is 5.73 Å². The number of aromatic nitrogens is 2. The smallest absolute Gasteiger partial charge is 0.269 e. The van der Waals surface area contributed by atoms with Crippen LogP contribution in [0.5, 0.6) is 0 Å². The number of nitrogens with one attached hydrogen (secondary N) is 1. The van der Waals surface area contributed by atoms with Crippen LogP contribution in [-0.2, 0) is 0 Å². The summed E-state index contributed by atoms with van der Waals surface area (Å²) in [6, 6.07) is 12.0. The Morgan fingerprint density at radius 3 is 2.89 bits per heavy atom. The Morgan fingerprint density at radius 2 is 2.17 bits per heavy atom. The van der Waals surface area contributed by atoms with E-state index in [-0.39, 0.29) is 6.04 Å². The van der Waals surface area contributed by atoms with Crippen LogP contribution in [0.2, 0.25) is 0 Å². The predicted molar refractivity (Wildman–Crippen MR) is 68.4 cm³/mol. The van der Waals surface area contributed by atoms with Gasteiger partial charge in [-0.25, -0.2) is 4.68 Å². The molecular formula is C13H14N4O. The number of carbonyl (C=O) groups excluding carboxylic acids is 1. The van der Waals surface area contributed by atoms with E-state index in [4.69, 9.17) is 5.73 Å². The van der Waals surface area contributed by atoms with Crippen molar-refractivity contribution in [3.63, 3.8) is 0 Å². The summed E-state index contributed by atoms with van der Waals surface area (Å²) in [6.45, 7) is 0.865. The molecule has 5 heteroatoms. The Morgan fingerprint density at radius 1 is 1.39 bits per heavy atom. The van der Waals surface area contributed by atoms with Gasteiger partial charge >= 0.3 is 0 Å². The minimum absolute atomic E-state index is 0.163. The highest BCUT2D eigenvalue weighted by Crippen LogP contribution is 2.29. The van der Waals surface area contributed by atoms with Gasteiger partial charge in [0.05, 0.1) is 6.04 Å². The molecule has 0 radical (unpaired) electrons. The van der Waals surface area contributed by atoms with Gasteiger partial charge in [-0.05, 0) is 12.0 Å². The molecule has 1 amide bonds. The molecular weight excluding hydrogens is 228 g/mol. The van der Waals surface area contributed by atoms with Gasteiger partial charge < -0.3 is 11.1 Å². The van der Waals surface area contributed by atoms with Crippen LogP contribution in [-0.4, -0.2) is 22.2 Å². The second kappa shape index (κ2) is 4.18. The van der Waals surface area contributed by atoms with Crippen LogP contribution < -0.4 is 11.1 Å². The van der Waals surface area contributed by atoms with Crippen LogP contribution >= 0.6 is 0 Å². The van der Waals surface area contributed by atoms with Crippen LogP contribution in [0.3, 0.4) is 0 Å². The molecule has 3 N–H and O–H groups in total. The lowest BCUT2D eigenvalue weighted by molar-refractivity contribution is 0.0994. The molecule has 1 unspecified atom stereocenters. The van der Waals surface area contributed by atoms with Gasteiger partial charge in [0.15, 0.2) is 5.69 Å². The summed E-state index contributed by atoms with van der Waals surface area (Å²) in [7, 11) is 0. The Balaban J connectivity index is 2.04. The summed E-state index contributed by atoms with van der Waals surface area (Å²) in [5, 5.41) is 7.52. The zero-order valence-electron chi connectivity index (χ0n) is 9.84. The number of fused-ring (bicyclic) bond motifs is 1. The first-order chi connectivity index (χ1) is 8.75. The fourth-order valence-corrected chi connectivity index (χ4v) is 2.33. The number of anilines is 1. The van der Waals surface area contributed by atoms with E-state index < -0.39 is 5.91 Å². The molecule has 1 aliphatic heterocycles. The number of benzene rings is 1. The largest absolute Gasteiger partial charge is 0.370 e. The van der Waals surface area contributed by atoms with Gasteiger partial charge in [-0.1, -0.05) is 30.3 Å². The van der Waals surface area contributed by atoms with Crippen LogP contribution in [0.1, 0.15) is 28.5 Å².